The summed E-state index contributed by atoms with van der Waals surface area (Å²) in [6.45, 7) is 2.42. The van der Waals surface area contributed by atoms with Gasteiger partial charge >= 0.3 is 0 Å². The third kappa shape index (κ3) is 2.69. The fourth-order valence-corrected chi connectivity index (χ4v) is 1.73. The van der Waals surface area contributed by atoms with Crippen LogP contribution in [-0.2, 0) is 4.74 Å². The number of nitrogen functional groups attached to an aromatic ring is 1. The highest BCUT2D eigenvalue weighted by molar-refractivity contribution is 5.99. The van der Waals surface area contributed by atoms with Gasteiger partial charge in [0, 0.05) is 18.8 Å². The number of carbonyl (C=O) groups is 1. The number of nitrogens with two attached hydrogens (primary N) is 2. The molecule has 1 heterocycles. The van der Waals surface area contributed by atoms with E-state index in [-0.39, 0.29) is 16.9 Å². The zero-order valence-electron chi connectivity index (χ0n) is 9.78. The zero-order valence-corrected chi connectivity index (χ0v) is 9.78. The Hall–Kier alpha value is -1.86. The van der Waals surface area contributed by atoms with Gasteiger partial charge in [-0.1, -0.05) is 0 Å². The smallest absolute Gasteiger partial charge is 0.250 e. The lowest BCUT2D eigenvalue weighted by Gasteiger charge is -2.28. The fraction of sp³-hybridized carbons (Fsp3) is 0.364. The Morgan fingerprint density at radius 2 is 2.06 bits per heavy atom. The first kappa shape index (κ1) is 12.6. The van der Waals surface area contributed by atoms with E-state index in [4.69, 9.17) is 16.2 Å². The minimum absolute atomic E-state index is 0.0347. The van der Waals surface area contributed by atoms with E-state index in [9.17, 15) is 9.18 Å². The molecule has 0 saturated carbocycles. The van der Waals surface area contributed by atoms with Crippen LogP contribution in [0.4, 0.5) is 15.8 Å². The summed E-state index contributed by atoms with van der Waals surface area (Å²) in [5, 5.41) is 1.81. The number of morpholine rings is 1. The summed E-state index contributed by atoms with van der Waals surface area (Å²) >= 11 is 0. The lowest BCUT2D eigenvalue weighted by Crippen LogP contribution is -2.40. The van der Waals surface area contributed by atoms with Gasteiger partial charge in [0.2, 0.25) is 0 Å². The van der Waals surface area contributed by atoms with E-state index in [1.54, 1.807) is 0 Å². The summed E-state index contributed by atoms with van der Waals surface area (Å²) < 4.78 is 18.9. The molecular formula is C11H15FN4O2. The van der Waals surface area contributed by atoms with Crippen molar-refractivity contribution in [2.75, 3.05) is 37.5 Å². The van der Waals surface area contributed by atoms with Crippen LogP contribution >= 0.6 is 0 Å². The van der Waals surface area contributed by atoms with E-state index in [0.29, 0.717) is 26.3 Å². The molecule has 1 aromatic carbocycles. The number of nitrogens with one attached hydrogen (secondary N) is 1. The zero-order chi connectivity index (χ0) is 13.1. The van der Waals surface area contributed by atoms with Crippen LogP contribution in [0.5, 0.6) is 0 Å². The van der Waals surface area contributed by atoms with E-state index >= 15 is 0 Å². The van der Waals surface area contributed by atoms with Crippen LogP contribution in [0, 0.1) is 5.82 Å². The van der Waals surface area contributed by atoms with Crippen LogP contribution in [0.2, 0.25) is 0 Å². The van der Waals surface area contributed by atoms with E-state index in [1.165, 1.54) is 6.07 Å². The number of ether oxygens (including phenoxy) is 1. The molecule has 98 valence electrons. The van der Waals surface area contributed by atoms with E-state index in [2.05, 4.69) is 5.43 Å². The molecule has 0 atom stereocenters. The van der Waals surface area contributed by atoms with Crippen LogP contribution in [0.1, 0.15) is 10.4 Å². The van der Waals surface area contributed by atoms with Crippen LogP contribution in [0.3, 0.4) is 0 Å². The second-order valence-corrected chi connectivity index (χ2v) is 3.99. The lowest BCUT2D eigenvalue weighted by molar-refractivity contribution is 0.0495. The summed E-state index contributed by atoms with van der Waals surface area (Å²) in [5.74, 6) is -1.21. The Labute approximate surface area is 104 Å². The van der Waals surface area contributed by atoms with Gasteiger partial charge in [0.05, 0.1) is 24.5 Å². The third-order valence-corrected chi connectivity index (χ3v) is 2.69. The van der Waals surface area contributed by atoms with E-state index < -0.39 is 11.7 Å². The van der Waals surface area contributed by atoms with Gasteiger partial charge in [0.1, 0.15) is 5.82 Å². The molecule has 1 amide bonds. The van der Waals surface area contributed by atoms with Crippen molar-refractivity contribution in [3.05, 3.63) is 23.5 Å². The van der Waals surface area contributed by atoms with Gasteiger partial charge < -0.3 is 21.6 Å². The number of rotatable bonds is 3. The summed E-state index contributed by atoms with van der Waals surface area (Å²) in [6.07, 6.45) is 0. The van der Waals surface area contributed by atoms with Gasteiger partial charge in [-0.2, -0.15) is 0 Å². The highest BCUT2D eigenvalue weighted by Crippen LogP contribution is 2.22. The molecule has 0 unspecified atom stereocenters. The largest absolute Gasteiger partial charge is 0.398 e. The third-order valence-electron chi connectivity index (χ3n) is 2.69. The molecule has 1 saturated heterocycles. The number of nitrogens with zero attached hydrogens (tertiary/aromatic N) is 1. The van der Waals surface area contributed by atoms with Crippen molar-refractivity contribution in [2.24, 2.45) is 5.73 Å². The maximum atomic E-state index is 13.7. The Morgan fingerprint density at radius 1 is 1.39 bits per heavy atom. The molecular weight excluding hydrogens is 239 g/mol. The predicted octanol–water partition coefficient (Wildman–Crippen LogP) is 0.166. The molecule has 0 radical (unpaired) electrons. The van der Waals surface area contributed by atoms with E-state index in [0.717, 1.165) is 6.07 Å². The van der Waals surface area contributed by atoms with Gasteiger partial charge in [0.15, 0.2) is 0 Å². The topological polar surface area (TPSA) is 93.6 Å². The van der Waals surface area contributed by atoms with Crippen molar-refractivity contribution in [3.63, 3.8) is 0 Å². The van der Waals surface area contributed by atoms with Crippen molar-refractivity contribution >= 4 is 17.3 Å². The SMILES string of the molecule is NC(=O)c1cc(NN2CCOCC2)c(F)cc1N. The van der Waals surface area contributed by atoms with Crippen LogP contribution in [-0.4, -0.2) is 37.2 Å². The highest BCUT2D eigenvalue weighted by Gasteiger charge is 2.15. The monoisotopic (exact) mass is 254 g/mol. The van der Waals surface area contributed by atoms with Gasteiger partial charge in [-0.15, -0.1) is 0 Å². The molecule has 1 fully saturated rings. The van der Waals surface area contributed by atoms with Crippen molar-refractivity contribution in [3.8, 4) is 0 Å². The van der Waals surface area contributed by atoms with E-state index in [1.807, 2.05) is 5.01 Å². The molecule has 1 aliphatic rings. The number of amides is 1. The molecule has 0 aliphatic carbocycles. The molecule has 1 aliphatic heterocycles. The first-order chi connectivity index (χ1) is 8.58. The number of carbonyl (C=O) groups excluding carboxylic acids is 1. The second-order valence-electron chi connectivity index (χ2n) is 3.99. The first-order valence-electron chi connectivity index (χ1n) is 5.56. The summed E-state index contributed by atoms with van der Waals surface area (Å²) in [5.41, 5.74) is 13.9. The number of anilines is 2. The summed E-state index contributed by atoms with van der Waals surface area (Å²) in [7, 11) is 0. The first-order valence-corrected chi connectivity index (χ1v) is 5.56. The number of hydrazine groups is 1. The molecule has 0 bridgehead atoms. The fourth-order valence-electron chi connectivity index (χ4n) is 1.73. The average molecular weight is 254 g/mol. The second kappa shape index (κ2) is 5.19. The number of hydrogen-bond donors (Lipinski definition) is 3. The normalized spacial score (nSPS) is 16.5. The molecule has 5 N–H and O–H groups in total. The van der Waals surface area contributed by atoms with Gasteiger partial charge in [-0.25, -0.2) is 9.40 Å². The van der Waals surface area contributed by atoms with Gasteiger partial charge in [-0.3, -0.25) is 4.79 Å². The minimum Gasteiger partial charge on any atom is -0.398 e. The molecule has 0 spiro atoms. The number of hydrogen-bond acceptors (Lipinski definition) is 5. The number of primary amides is 1. The van der Waals surface area contributed by atoms with Crippen LogP contribution in [0.25, 0.3) is 0 Å². The highest BCUT2D eigenvalue weighted by atomic mass is 19.1. The van der Waals surface area contributed by atoms with Crippen molar-refractivity contribution < 1.29 is 13.9 Å². The molecule has 2 rings (SSSR count). The van der Waals surface area contributed by atoms with Gasteiger partial charge in [0.25, 0.3) is 5.91 Å². The predicted molar refractivity (Wildman–Crippen MR) is 65.3 cm³/mol. The van der Waals surface area contributed by atoms with Gasteiger partial charge in [-0.05, 0) is 12.1 Å². The minimum atomic E-state index is -0.683. The van der Waals surface area contributed by atoms with Crippen molar-refractivity contribution in [1.29, 1.82) is 0 Å². The summed E-state index contributed by atoms with van der Waals surface area (Å²) in [6, 6.07) is 2.41. The number of benzene rings is 1. The molecule has 0 aromatic heterocycles. The summed E-state index contributed by atoms with van der Waals surface area (Å²) in [4.78, 5) is 11.1. The Kier molecular flexibility index (Phi) is 3.63. The maximum absolute atomic E-state index is 13.7. The van der Waals surface area contributed by atoms with Crippen molar-refractivity contribution in [2.45, 2.75) is 0 Å². The maximum Gasteiger partial charge on any atom is 0.250 e. The molecule has 18 heavy (non-hydrogen) atoms. The lowest BCUT2D eigenvalue weighted by atomic mass is 10.1. The molecule has 7 heteroatoms. The molecule has 6 nitrogen and oxygen atoms in total. The quantitative estimate of drug-likeness (QED) is 0.668. The molecule has 1 aromatic rings. The van der Waals surface area contributed by atoms with Crippen LogP contribution in [0.15, 0.2) is 12.1 Å². The average Bonchev–Trinajstić information content (AvgIpc) is 2.33. The number of halogens is 1. The Balaban J connectivity index is 2.21. The Bertz CT molecular complexity index is 461. The Morgan fingerprint density at radius 3 is 2.67 bits per heavy atom. The van der Waals surface area contributed by atoms with Crippen molar-refractivity contribution in [1.82, 2.24) is 5.01 Å². The van der Waals surface area contributed by atoms with Crippen LogP contribution < -0.4 is 16.9 Å². The standard InChI is InChI=1S/C11H15FN4O2/c12-8-6-9(13)7(11(14)17)5-10(8)15-16-1-3-18-4-2-16/h5-6,15H,1-4,13H2,(H2,14,17).